The fourth-order valence-electron chi connectivity index (χ4n) is 2.04. The normalized spacial score (nSPS) is 19.8. The summed E-state index contributed by atoms with van der Waals surface area (Å²) in [5.74, 6) is 0.554. The number of halogens is 1. The van der Waals surface area contributed by atoms with Gasteiger partial charge in [-0.15, -0.1) is 0 Å². The highest BCUT2D eigenvalue weighted by atomic mass is 19.1. The van der Waals surface area contributed by atoms with Gasteiger partial charge in [0.15, 0.2) is 0 Å². The summed E-state index contributed by atoms with van der Waals surface area (Å²) in [6, 6.07) is 4.73. The van der Waals surface area contributed by atoms with Crippen LogP contribution < -0.4 is 10.1 Å². The smallest absolute Gasteiger partial charge is 0.123 e. The minimum atomic E-state index is -0.220. The summed E-state index contributed by atoms with van der Waals surface area (Å²) < 4.78 is 18.7. The lowest BCUT2D eigenvalue weighted by Gasteiger charge is -2.17. The summed E-state index contributed by atoms with van der Waals surface area (Å²) in [5, 5.41) is 12.3. The van der Waals surface area contributed by atoms with Gasteiger partial charge in [-0.3, -0.25) is 0 Å². The SMILES string of the molecule is CCC(CO)NCC1Cc2cc(F)ccc2O1. The maximum Gasteiger partial charge on any atom is 0.123 e. The summed E-state index contributed by atoms with van der Waals surface area (Å²) in [5.41, 5.74) is 0.925. The average Bonchev–Trinajstić information content (AvgIpc) is 2.72. The molecule has 1 heterocycles. The summed E-state index contributed by atoms with van der Waals surface area (Å²) in [6.45, 7) is 2.83. The molecule has 0 fully saturated rings. The van der Waals surface area contributed by atoms with E-state index >= 15 is 0 Å². The molecular formula is C13H18FNO2. The summed E-state index contributed by atoms with van der Waals surface area (Å²) in [6.07, 6.45) is 1.64. The highest BCUT2D eigenvalue weighted by molar-refractivity contribution is 5.37. The van der Waals surface area contributed by atoms with Gasteiger partial charge in [0.05, 0.1) is 6.61 Å². The Morgan fingerprint density at radius 3 is 3.12 bits per heavy atom. The van der Waals surface area contributed by atoms with E-state index in [-0.39, 0.29) is 24.6 Å². The van der Waals surface area contributed by atoms with Crippen molar-refractivity contribution in [2.75, 3.05) is 13.2 Å². The molecule has 0 saturated carbocycles. The average molecular weight is 239 g/mol. The molecule has 0 saturated heterocycles. The second kappa shape index (κ2) is 5.47. The van der Waals surface area contributed by atoms with Crippen LogP contribution >= 0.6 is 0 Å². The molecule has 0 aliphatic carbocycles. The molecule has 1 aliphatic heterocycles. The van der Waals surface area contributed by atoms with Crippen LogP contribution in [-0.2, 0) is 6.42 Å². The number of hydrogen-bond donors (Lipinski definition) is 2. The zero-order valence-electron chi connectivity index (χ0n) is 9.95. The van der Waals surface area contributed by atoms with Gasteiger partial charge >= 0.3 is 0 Å². The van der Waals surface area contributed by atoms with Crippen LogP contribution in [0.4, 0.5) is 4.39 Å². The Labute approximate surface area is 101 Å². The van der Waals surface area contributed by atoms with Crippen molar-refractivity contribution in [3.05, 3.63) is 29.6 Å². The minimum Gasteiger partial charge on any atom is -0.488 e. The van der Waals surface area contributed by atoms with E-state index in [1.54, 1.807) is 6.07 Å². The van der Waals surface area contributed by atoms with Crippen LogP contribution in [0.2, 0.25) is 0 Å². The first-order valence-corrected chi connectivity index (χ1v) is 6.02. The van der Waals surface area contributed by atoms with Crippen molar-refractivity contribution in [1.29, 1.82) is 0 Å². The predicted octanol–water partition coefficient (Wildman–Crippen LogP) is 1.49. The number of aliphatic hydroxyl groups excluding tert-OH is 1. The minimum absolute atomic E-state index is 0.0346. The van der Waals surface area contributed by atoms with Crippen molar-refractivity contribution in [2.45, 2.75) is 31.9 Å². The number of fused-ring (bicyclic) bond motifs is 1. The van der Waals surface area contributed by atoms with E-state index in [9.17, 15) is 4.39 Å². The molecule has 0 bridgehead atoms. The van der Waals surface area contributed by atoms with Gasteiger partial charge in [0.2, 0.25) is 0 Å². The van der Waals surface area contributed by atoms with Gasteiger partial charge < -0.3 is 15.2 Å². The summed E-state index contributed by atoms with van der Waals surface area (Å²) in [7, 11) is 0. The predicted molar refractivity (Wildman–Crippen MR) is 63.7 cm³/mol. The number of benzene rings is 1. The second-order valence-corrected chi connectivity index (χ2v) is 4.39. The topological polar surface area (TPSA) is 41.5 Å². The van der Waals surface area contributed by atoms with Gasteiger partial charge in [-0.25, -0.2) is 4.39 Å². The highest BCUT2D eigenvalue weighted by Gasteiger charge is 2.23. The van der Waals surface area contributed by atoms with Gasteiger partial charge in [-0.1, -0.05) is 6.92 Å². The quantitative estimate of drug-likeness (QED) is 0.818. The van der Waals surface area contributed by atoms with Gasteiger partial charge in [-0.2, -0.15) is 0 Å². The van der Waals surface area contributed by atoms with E-state index in [1.165, 1.54) is 12.1 Å². The molecule has 2 atom stereocenters. The van der Waals surface area contributed by atoms with Crippen molar-refractivity contribution >= 4 is 0 Å². The number of nitrogens with one attached hydrogen (secondary N) is 1. The van der Waals surface area contributed by atoms with Crippen molar-refractivity contribution in [1.82, 2.24) is 5.32 Å². The number of aliphatic hydroxyl groups is 1. The molecule has 94 valence electrons. The van der Waals surface area contributed by atoms with E-state index < -0.39 is 0 Å². The van der Waals surface area contributed by atoms with Gasteiger partial charge in [-0.05, 0) is 24.6 Å². The Bertz CT molecular complexity index is 380. The van der Waals surface area contributed by atoms with Crippen LogP contribution in [0, 0.1) is 5.82 Å². The van der Waals surface area contributed by atoms with E-state index in [0.29, 0.717) is 6.54 Å². The largest absolute Gasteiger partial charge is 0.488 e. The van der Waals surface area contributed by atoms with Crippen LogP contribution in [0.5, 0.6) is 5.75 Å². The molecule has 1 aromatic rings. The molecule has 0 radical (unpaired) electrons. The van der Waals surface area contributed by atoms with Crippen LogP contribution in [0.25, 0.3) is 0 Å². The molecule has 1 aromatic carbocycles. The molecule has 2 N–H and O–H groups in total. The Hall–Kier alpha value is -1.13. The summed E-state index contributed by atoms with van der Waals surface area (Å²) in [4.78, 5) is 0. The first-order chi connectivity index (χ1) is 8.22. The van der Waals surface area contributed by atoms with Gasteiger partial charge in [0.1, 0.15) is 17.7 Å². The number of rotatable bonds is 5. The zero-order valence-corrected chi connectivity index (χ0v) is 9.95. The molecule has 0 aromatic heterocycles. The molecule has 4 heteroatoms. The lowest BCUT2D eigenvalue weighted by Crippen LogP contribution is -2.39. The Morgan fingerprint density at radius 2 is 2.41 bits per heavy atom. The molecule has 1 aliphatic rings. The monoisotopic (exact) mass is 239 g/mol. The van der Waals surface area contributed by atoms with Crippen LogP contribution in [0.15, 0.2) is 18.2 Å². The number of ether oxygens (including phenoxy) is 1. The van der Waals surface area contributed by atoms with E-state index in [4.69, 9.17) is 9.84 Å². The Balaban J connectivity index is 1.88. The molecule has 2 rings (SSSR count). The second-order valence-electron chi connectivity index (χ2n) is 4.39. The molecule has 0 amide bonds. The fourth-order valence-corrected chi connectivity index (χ4v) is 2.04. The van der Waals surface area contributed by atoms with Crippen molar-refractivity contribution in [3.8, 4) is 5.75 Å². The summed E-state index contributed by atoms with van der Waals surface area (Å²) >= 11 is 0. The van der Waals surface area contributed by atoms with E-state index in [1.807, 2.05) is 6.92 Å². The van der Waals surface area contributed by atoms with Gasteiger partial charge in [0, 0.05) is 24.6 Å². The van der Waals surface area contributed by atoms with E-state index in [0.717, 1.165) is 24.2 Å². The molecule has 0 spiro atoms. The maximum absolute atomic E-state index is 13.0. The lowest BCUT2D eigenvalue weighted by molar-refractivity contribution is 0.195. The Morgan fingerprint density at radius 1 is 1.59 bits per heavy atom. The first kappa shape index (κ1) is 12.3. The zero-order chi connectivity index (χ0) is 12.3. The third-order valence-corrected chi connectivity index (χ3v) is 3.11. The number of hydrogen-bond acceptors (Lipinski definition) is 3. The van der Waals surface area contributed by atoms with E-state index in [2.05, 4.69) is 5.32 Å². The van der Waals surface area contributed by atoms with Crippen molar-refractivity contribution in [3.63, 3.8) is 0 Å². The van der Waals surface area contributed by atoms with Crippen LogP contribution in [0.3, 0.4) is 0 Å². The first-order valence-electron chi connectivity index (χ1n) is 6.02. The van der Waals surface area contributed by atoms with Crippen LogP contribution in [-0.4, -0.2) is 30.4 Å². The molecule has 3 nitrogen and oxygen atoms in total. The Kier molecular flexibility index (Phi) is 3.97. The highest BCUT2D eigenvalue weighted by Crippen LogP contribution is 2.28. The molecule has 2 unspecified atom stereocenters. The fraction of sp³-hybridized carbons (Fsp3) is 0.538. The van der Waals surface area contributed by atoms with Gasteiger partial charge in [0.25, 0.3) is 0 Å². The molecular weight excluding hydrogens is 221 g/mol. The third kappa shape index (κ3) is 2.96. The third-order valence-electron chi connectivity index (χ3n) is 3.11. The lowest BCUT2D eigenvalue weighted by atomic mass is 10.1. The molecule has 17 heavy (non-hydrogen) atoms. The van der Waals surface area contributed by atoms with Crippen molar-refractivity contribution in [2.24, 2.45) is 0 Å². The van der Waals surface area contributed by atoms with Crippen molar-refractivity contribution < 1.29 is 14.2 Å². The maximum atomic E-state index is 13.0. The standard InChI is InChI=1S/C13H18FNO2/c1-2-11(8-16)15-7-12-6-9-5-10(14)3-4-13(9)17-12/h3-5,11-12,15-16H,2,6-8H2,1H3. The van der Waals surface area contributed by atoms with Crippen LogP contribution in [0.1, 0.15) is 18.9 Å².